The van der Waals surface area contributed by atoms with Gasteiger partial charge in [0.15, 0.2) is 5.78 Å². The highest BCUT2D eigenvalue weighted by atomic mass is 35.5. The van der Waals surface area contributed by atoms with Crippen molar-refractivity contribution in [2.45, 2.75) is 32.6 Å². The number of Topliss-reactive ketones (excluding diaryl/α,β-unsaturated/α-hetero) is 1. The molecule has 104 valence electrons. The average Bonchev–Trinajstić information content (AvgIpc) is 2.39. The molecule has 0 atom stereocenters. The Morgan fingerprint density at radius 2 is 1.95 bits per heavy atom. The molecule has 0 bridgehead atoms. The Balaban J connectivity index is 2.47. The maximum atomic E-state index is 11.9. The smallest absolute Gasteiger partial charge is 0.306 e. The van der Waals surface area contributed by atoms with Gasteiger partial charge in [0.25, 0.3) is 0 Å². The van der Waals surface area contributed by atoms with Gasteiger partial charge in [-0.05, 0) is 18.6 Å². The van der Waals surface area contributed by atoms with Gasteiger partial charge in [-0.3, -0.25) is 9.59 Å². The highest BCUT2D eigenvalue weighted by molar-refractivity contribution is 6.43. The van der Waals surface area contributed by atoms with Crippen LogP contribution < -0.4 is 0 Å². The second kappa shape index (κ2) is 8.18. The zero-order chi connectivity index (χ0) is 14.3. The summed E-state index contributed by atoms with van der Waals surface area (Å²) < 4.78 is 4.97. The summed E-state index contributed by atoms with van der Waals surface area (Å²) in [6.45, 7) is 2.42. The lowest BCUT2D eigenvalue weighted by molar-refractivity contribution is -0.143. The molecule has 3 nitrogen and oxygen atoms in total. The molecule has 0 saturated heterocycles. The van der Waals surface area contributed by atoms with Crippen LogP contribution in [0.4, 0.5) is 0 Å². The van der Waals surface area contributed by atoms with Gasteiger partial charge in [0.2, 0.25) is 0 Å². The van der Waals surface area contributed by atoms with Crippen LogP contribution in [-0.4, -0.2) is 18.4 Å². The van der Waals surface area contributed by atoms with E-state index < -0.39 is 0 Å². The number of ketones is 1. The van der Waals surface area contributed by atoms with E-state index in [1.807, 2.05) is 6.92 Å². The molecule has 0 amide bonds. The van der Waals surface area contributed by atoms with Crippen molar-refractivity contribution in [1.29, 1.82) is 0 Å². The summed E-state index contributed by atoms with van der Waals surface area (Å²) in [4.78, 5) is 23.3. The minimum Gasteiger partial charge on any atom is -0.466 e. The van der Waals surface area contributed by atoms with Crippen molar-refractivity contribution in [3.8, 4) is 0 Å². The molecule has 0 heterocycles. The fourth-order valence-electron chi connectivity index (χ4n) is 1.47. The molecule has 1 rings (SSSR count). The summed E-state index contributed by atoms with van der Waals surface area (Å²) in [7, 11) is 0. The monoisotopic (exact) mass is 302 g/mol. The van der Waals surface area contributed by atoms with Crippen molar-refractivity contribution in [2.24, 2.45) is 0 Å². The molecule has 0 unspecified atom stereocenters. The van der Waals surface area contributed by atoms with Gasteiger partial charge in [-0.25, -0.2) is 0 Å². The summed E-state index contributed by atoms with van der Waals surface area (Å²) in [6, 6.07) is 4.86. The number of hydrogen-bond donors (Lipinski definition) is 0. The van der Waals surface area contributed by atoms with Gasteiger partial charge in [0.1, 0.15) is 0 Å². The predicted octanol–water partition coefficient (Wildman–Crippen LogP) is 4.30. The first-order valence-electron chi connectivity index (χ1n) is 6.19. The number of ether oxygens (including phenoxy) is 1. The molecule has 19 heavy (non-hydrogen) atoms. The second-order valence-electron chi connectivity index (χ2n) is 4.10. The number of esters is 1. The van der Waals surface area contributed by atoms with Gasteiger partial charge in [-0.15, -0.1) is 0 Å². The third-order valence-corrected chi connectivity index (χ3v) is 3.39. The summed E-state index contributed by atoms with van der Waals surface area (Å²) in [5, 5.41) is 0.562. The highest BCUT2D eigenvalue weighted by Gasteiger charge is 2.14. The van der Waals surface area contributed by atoms with E-state index >= 15 is 0 Å². The first kappa shape index (κ1) is 16.0. The fraction of sp³-hybridized carbons (Fsp3) is 0.429. The van der Waals surface area contributed by atoms with Crippen LogP contribution in [0.5, 0.6) is 0 Å². The van der Waals surface area contributed by atoms with Crippen molar-refractivity contribution in [1.82, 2.24) is 0 Å². The van der Waals surface area contributed by atoms with Crippen LogP contribution in [0, 0.1) is 0 Å². The first-order valence-corrected chi connectivity index (χ1v) is 6.94. The SMILES string of the molecule is CCCCOC(=O)CCC(=O)c1cccc(Cl)c1Cl. The van der Waals surface area contributed by atoms with Gasteiger partial charge in [-0.1, -0.05) is 42.6 Å². The Morgan fingerprint density at radius 1 is 1.21 bits per heavy atom. The fourth-order valence-corrected chi connectivity index (χ4v) is 1.88. The van der Waals surface area contributed by atoms with E-state index in [-0.39, 0.29) is 29.6 Å². The van der Waals surface area contributed by atoms with E-state index in [0.717, 1.165) is 12.8 Å². The normalized spacial score (nSPS) is 10.3. The molecular weight excluding hydrogens is 287 g/mol. The lowest BCUT2D eigenvalue weighted by Gasteiger charge is -2.05. The maximum absolute atomic E-state index is 11.9. The number of halogens is 2. The number of hydrogen-bond acceptors (Lipinski definition) is 3. The van der Waals surface area contributed by atoms with Crippen LogP contribution in [-0.2, 0) is 9.53 Å². The molecule has 0 fully saturated rings. The summed E-state index contributed by atoms with van der Waals surface area (Å²) in [6.07, 6.45) is 1.93. The lowest BCUT2D eigenvalue weighted by Crippen LogP contribution is -2.09. The Labute approximate surface area is 122 Å². The van der Waals surface area contributed by atoms with Crippen LogP contribution in [0.25, 0.3) is 0 Å². The molecule has 0 spiro atoms. The zero-order valence-corrected chi connectivity index (χ0v) is 12.3. The second-order valence-corrected chi connectivity index (χ2v) is 4.88. The Kier molecular flexibility index (Phi) is 6.89. The van der Waals surface area contributed by atoms with Crippen molar-refractivity contribution < 1.29 is 14.3 Å². The van der Waals surface area contributed by atoms with E-state index in [2.05, 4.69) is 0 Å². The summed E-state index contributed by atoms with van der Waals surface area (Å²) in [5.74, 6) is -0.570. The molecule has 0 N–H and O–H groups in total. The predicted molar refractivity (Wildman–Crippen MR) is 75.9 cm³/mol. The molecular formula is C14H16Cl2O3. The Hall–Kier alpha value is -1.06. The van der Waals surface area contributed by atoms with Crippen molar-refractivity contribution in [2.75, 3.05) is 6.61 Å². The standard InChI is InChI=1S/C14H16Cl2O3/c1-2-3-9-19-13(18)8-7-12(17)10-5-4-6-11(15)14(10)16/h4-6H,2-3,7-9H2,1H3. The van der Waals surface area contributed by atoms with E-state index in [1.54, 1.807) is 18.2 Å². The quantitative estimate of drug-likeness (QED) is 0.428. The molecule has 1 aromatic carbocycles. The molecule has 1 aromatic rings. The minimum atomic E-state index is -0.361. The van der Waals surface area contributed by atoms with Crippen LogP contribution in [0.1, 0.15) is 43.0 Å². The zero-order valence-electron chi connectivity index (χ0n) is 10.7. The first-order chi connectivity index (χ1) is 9.06. The lowest BCUT2D eigenvalue weighted by atomic mass is 10.1. The number of unbranched alkanes of at least 4 members (excludes halogenated alkanes) is 1. The van der Waals surface area contributed by atoms with Gasteiger partial charge < -0.3 is 4.74 Å². The molecule has 5 heteroatoms. The van der Waals surface area contributed by atoms with E-state index in [4.69, 9.17) is 27.9 Å². The molecule has 0 aliphatic rings. The van der Waals surface area contributed by atoms with E-state index in [9.17, 15) is 9.59 Å². The van der Waals surface area contributed by atoms with Gasteiger partial charge >= 0.3 is 5.97 Å². The van der Waals surface area contributed by atoms with Crippen LogP contribution in [0.2, 0.25) is 10.0 Å². The molecule has 0 radical (unpaired) electrons. The largest absolute Gasteiger partial charge is 0.466 e. The van der Waals surface area contributed by atoms with Crippen LogP contribution in [0.3, 0.4) is 0 Å². The van der Waals surface area contributed by atoms with Crippen molar-refractivity contribution in [3.63, 3.8) is 0 Å². The molecule has 0 saturated carbocycles. The Bertz CT molecular complexity index is 458. The Morgan fingerprint density at radius 3 is 2.63 bits per heavy atom. The van der Waals surface area contributed by atoms with Gasteiger partial charge in [0.05, 0.1) is 23.1 Å². The van der Waals surface area contributed by atoms with Crippen LogP contribution in [0.15, 0.2) is 18.2 Å². The third kappa shape index (κ3) is 5.21. The topological polar surface area (TPSA) is 43.4 Å². The summed E-state index contributed by atoms with van der Waals surface area (Å²) >= 11 is 11.8. The number of rotatable bonds is 7. The summed E-state index contributed by atoms with van der Waals surface area (Å²) in [5.41, 5.74) is 0.343. The number of carbonyl (C=O) groups is 2. The third-order valence-electron chi connectivity index (χ3n) is 2.57. The van der Waals surface area contributed by atoms with Crippen molar-refractivity contribution in [3.05, 3.63) is 33.8 Å². The van der Waals surface area contributed by atoms with E-state index in [0.29, 0.717) is 17.2 Å². The maximum Gasteiger partial charge on any atom is 0.306 e. The average molecular weight is 303 g/mol. The highest BCUT2D eigenvalue weighted by Crippen LogP contribution is 2.26. The molecule has 0 aliphatic carbocycles. The minimum absolute atomic E-state index is 0.0609. The van der Waals surface area contributed by atoms with Crippen LogP contribution >= 0.6 is 23.2 Å². The van der Waals surface area contributed by atoms with Gasteiger partial charge in [0, 0.05) is 12.0 Å². The molecule has 0 aromatic heterocycles. The van der Waals surface area contributed by atoms with Crippen molar-refractivity contribution >= 4 is 35.0 Å². The number of benzene rings is 1. The molecule has 0 aliphatic heterocycles. The van der Waals surface area contributed by atoms with Gasteiger partial charge in [-0.2, -0.15) is 0 Å². The number of carbonyl (C=O) groups excluding carboxylic acids is 2. The van der Waals surface area contributed by atoms with E-state index in [1.165, 1.54) is 0 Å².